The first-order valence-corrected chi connectivity index (χ1v) is 5.75. The van der Waals surface area contributed by atoms with Gasteiger partial charge in [0.2, 0.25) is 0 Å². The Hall–Kier alpha value is -1.00. The average molecular weight is 280 g/mol. The minimum atomic E-state index is -4.32. The molecule has 80 valence electrons. The summed E-state index contributed by atoms with van der Waals surface area (Å²) >= 11 is -0.538. The standard InChI is InChI=1S/C9H6F3NOSe/c10-9(11,12)5-13-8(14)6-3-1-2-4-7(6)15-13/h1-4H,5H2. The molecule has 2 aromatic rings. The number of fused-ring (bicyclic) bond motifs is 1. The minimum absolute atomic E-state index is 0.404. The normalized spacial score (nSPS) is 12.2. The van der Waals surface area contributed by atoms with Crippen molar-refractivity contribution in [1.29, 1.82) is 0 Å². The van der Waals surface area contributed by atoms with Crippen molar-refractivity contribution in [3.05, 3.63) is 34.6 Å². The van der Waals surface area contributed by atoms with Crippen molar-refractivity contribution in [1.82, 2.24) is 3.56 Å². The van der Waals surface area contributed by atoms with E-state index in [9.17, 15) is 18.0 Å². The van der Waals surface area contributed by atoms with Gasteiger partial charge in [0, 0.05) is 0 Å². The van der Waals surface area contributed by atoms with Gasteiger partial charge >= 0.3 is 88.5 Å². The fourth-order valence-corrected chi connectivity index (χ4v) is 3.43. The molecule has 0 fully saturated rings. The predicted molar refractivity (Wildman–Crippen MR) is 51.2 cm³/mol. The molecule has 0 spiro atoms. The van der Waals surface area contributed by atoms with E-state index in [1.54, 1.807) is 24.3 Å². The fraction of sp³-hybridized carbons (Fsp3) is 0.222. The van der Waals surface area contributed by atoms with Crippen LogP contribution in [-0.4, -0.2) is 24.5 Å². The van der Waals surface area contributed by atoms with Crippen molar-refractivity contribution in [2.24, 2.45) is 0 Å². The third kappa shape index (κ3) is 2.16. The summed E-state index contributed by atoms with van der Waals surface area (Å²) < 4.78 is 38.0. The second kappa shape index (κ2) is 3.54. The molecular weight excluding hydrogens is 274 g/mol. The molecule has 0 aliphatic carbocycles. The summed E-state index contributed by atoms with van der Waals surface area (Å²) in [4.78, 5) is 11.5. The van der Waals surface area contributed by atoms with Crippen LogP contribution >= 0.6 is 0 Å². The van der Waals surface area contributed by atoms with Crippen molar-refractivity contribution in [3.8, 4) is 0 Å². The topological polar surface area (TPSA) is 22.0 Å². The third-order valence-corrected chi connectivity index (χ3v) is 4.12. The van der Waals surface area contributed by atoms with Crippen LogP contribution in [0.4, 0.5) is 13.2 Å². The first kappa shape index (κ1) is 10.5. The zero-order chi connectivity index (χ0) is 11.1. The first-order chi connectivity index (χ1) is 6.97. The molecule has 0 aliphatic heterocycles. The molecule has 2 rings (SSSR count). The van der Waals surface area contributed by atoms with Gasteiger partial charge in [-0.3, -0.25) is 0 Å². The molecule has 0 N–H and O–H groups in total. The van der Waals surface area contributed by atoms with Crippen LogP contribution in [0.1, 0.15) is 0 Å². The Morgan fingerprint density at radius 1 is 1.27 bits per heavy atom. The third-order valence-electron chi connectivity index (χ3n) is 1.88. The molecular formula is C9H6F3NOSe. The summed E-state index contributed by atoms with van der Waals surface area (Å²) in [7, 11) is 0. The molecule has 0 aliphatic rings. The van der Waals surface area contributed by atoms with Crippen LogP contribution < -0.4 is 5.56 Å². The van der Waals surface area contributed by atoms with E-state index in [1.807, 2.05) is 0 Å². The molecule has 2 nitrogen and oxygen atoms in total. The second-order valence-corrected chi connectivity index (χ2v) is 5.28. The van der Waals surface area contributed by atoms with Crippen LogP contribution in [0.25, 0.3) is 9.65 Å². The Labute approximate surface area is 88.9 Å². The molecule has 0 atom stereocenters. The van der Waals surface area contributed by atoms with Crippen LogP contribution in [-0.2, 0) is 6.54 Å². The van der Waals surface area contributed by atoms with E-state index in [0.717, 1.165) is 7.82 Å². The van der Waals surface area contributed by atoms with Gasteiger partial charge in [0.1, 0.15) is 0 Å². The summed E-state index contributed by atoms with van der Waals surface area (Å²) in [5.41, 5.74) is -0.511. The molecule has 0 saturated heterocycles. The molecule has 0 saturated carbocycles. The summed E-state index contributed by atoms with van der Waals surface area (Å²) in [6.45, 7) is -1.15. The molecule has 15 heavy (non-hydrogen) atoms. The Bertz CT molecular complexity index is 540. The SMILES string of the molecule is O=c1c2ccccc2[se]n1CC(F)(F)F. The summed E-state index contributed by atoms with van der Waals surface area (Å²) in [6, 6.07) is 6.65. The van der Waals surface area contributed by atoms with Gasteiger partial charge in [0.05, 0.1) is 0 Å². The number of nitrogens with zero attached hydrogens (tertiary/aromatic N) is 1. The number of hydrogen-bond acceptors (Lipinski definition) is 1. The fourth-order valence-electron chi connectivity index (χ4n) is 1.28. The first-order valence-electron chi connectivity index (χ1n) is 4.13. The molecule has 0 unspecified atom stereocenters. The van der Waals surface area contributed by atoms with E-state index < -0.39 is 33.0 Å². The average Bonchev–Trinajstić information content (AvgIpc) is 2.42. The number of benzene rings is 1. The molecule has 0 bridgehead atoms. The maximum absolute atomic E-state index is 12.1. The van der Waals surface area contributed by atoms with Gasteiger partial charge in [-0.2, -0.15) is 0 Å². The van der Waals surface area contributed by atoms with Gasteiger partial charge in [0.25, 0.3) is 0 Å². The molecule has 1 aromatic heterocycles. The number of halogens is 3. The van der Waals surface area contributed by atoms with E-state index in [-0.39, 0.29) is 0 Å². The van der Waals surface area contributed by atoms with E-state index in [4.69, 9.17) is 0 Å². The summed E-state index contributed by atoms with van der Waals surface area (Å²) in [5.74, 6) is 0. The van der Waals surface area contributed by atoms with Crippen molar-refractivity contribution in [3.63, 3.8) is 0 Å². The van der Waals surface area contributed by atoms with Crippen LogP contribution in [0.5, 0.6) is 0 Å². The zero-order valence-electron chi connectivity index (χ0n) is 7.41. The Morgan fingerprint density at radius 3 is 2.53 bits per heavy atom. The number of rotatable bonds is 1. The van der Waals surface area contributed by atoms with E-state index >= 15 is 0 Å². The van der Waals surface area contributed by atoms with E-state index in [1.165, 1.54) is 0 Å². The van der Waals surface area contributed by atoms with E-state index in [0.29, 0.717) is 5.39 Å². The Kier molecular flexibility index (Phi) is 2.48. The van der Waals surface area contributed by atoms with Crippen LogP contribution in [0.2, 0.25) is 0 Å². The van der Waals surface area contributed by atoms with Crippen molar-refractivity contribution < 1.29 is 13.2 Å². The van der Waals surface area contributed by atoms with Crippen molar-refractivity contribution >= 4 is 24.4 Å². The van der Waals surface area contributed by atoms with Gasteiger partial charge in [-0.15, -0.1) is 0 Å². The van der Waals surface area contributed by atoms with Crippen LogP contribution in [0.3, 0.4) is 0 Å². The summed E-state index contributed by atoms with van der Waals surface area (Å²) in [6.07, 6.45) is -4.32. The van der Waals surface area contributed by atoms with Gasteiger partial charge in [-0.25, -0.2) is 0 Å². The molecule has 6 heteroatoms. The molecule has 0 radical (unpaired) electrons. The number of alkyl halides is 3. The van der Waals surface area contributed by atoms with Crippen LogP contribution in [0, 0.1) is 0 Å². The van der Waals surface area contributed by atoms with Gasteiger partial charge < -0.3 is 0 Å². The second-order valence-electron chi connectivity index (χ2n) is 3.04. The molecule has 0 amide bonds. The van der Waals surface area contributed by atoms with Crippen LogP contribution in [0.15, 0.2) is 29.1 Å². The summed E-state index contributed by atoms with van der Waals surface area (Å²) in [5, 5.41) is 0.404. The molecule has 1 heterocycles. The zero-order valence-corrected chi connectivity index (χ0v) is 9.13. The molecule has 1 aromatic carbocycles. The Morgan fingerprint density at radius 2 is 1.93 bits per heavy atom. The monoisotopic (exact) mass is 281 g/mol. The van der Waals surface area contributed by atoms with Crippen molar-refractivity contribution in [2.75, 3.05) is 0 Å². The number of hydrogen-bond donors (Lipinski definition) is 0. The maximum atomic E-state index is 12.1. The quantitative estimate of drug-likeness (QED) is 0.728. The number of aromatic nitrogens is 1. The van der Waals surface area contributed by atoms with E-state index in [2.05, 4.69) is 0 Å². The predicted octanol–water partition coefficient (Wildman–Crippen LogP) is 1.62. The van der Waals surface area contributed by atoms with Gasteiger partial charge in [-0.05, 0) is 0 Å². The van der Waals surface area contributed by atoms with Gasteiger partial charge in [0.15, 0.2) is 0 Å². The van der Waals surface area contributed by atoms with Gasteiger partial charge in [-0.1, -0.05) is 0 Å². The van der Waals surface area contributed by atoms with Crippen molar-refractivity contribution in [2.45, 2.75) is 12.7 Å². The Balaban J connectivity index is 2.54.